The van der Waals surface area contributed by atoms with Crippen LogP contribution in [0.3, 0.4) is 0 Å². The molecule has 0 unspecified atom stereocenters. The van der Waals surface area contributed by atoms with Gasteiger partial charge in [-0.25, -0.2) is 0 Å². The molecular formula is C11H19N3O2S. The van der Waals surface area contributed by atoms with Crippen molar-refractivity contribution in [3.8, 4) is 0 Å². The molecule has 5 nitrogen and oxygen atoms in total. The van der Waals surface area contributed by atoms with E-state index in [4.69, 9.17) is 5.73 Å². The van der Waals surface area contributed by atoms with Gasteiger partial charge in [-0.05, 0) is 0 Å². The molecule has 0 saturated carbocycles. The molecular weight excluding hydrogens is 238 g/mol. The largest absolute Gasteiger partial charge is 0.369 e. The number of likely N-dealkylation sites (tertiary alicyclic amines) is 1. The van der Waals surface area contributed by atoms with Crippen molar-refractivity contribution in [1.82, 2.24) is 9.80 Å². The number of nitrogens with zero attached hydrogens (tertiary/aromatic N) is 2. The number of carbonyl (C=O) groups is 2. The van der Waals surface area contributed by atoms with Crippen molar-refractivity contribution in [2.75, 3.05) is 31.9 Å². The standard InChI is InChI=1S/C11H19N3O2S/c1-8(2)10(16)14-3-4-17-11(14)6-13(7-11)5-9(12)15/h8H,3-7H2,1-2H3,(H2,12,15). The lowest BCUT2D eigenvalue weighted by Gasteiger charge is -2.51. The van der Waals surface area contributed by atoms with Gasteiger partial charge in [0.05, 0.1) is 6.54 Å². The van der Waals surface area contributed by atoms with Crippen LogP contribution in [0.2, 0.25) is 0 Å². The van der Waals surface area contributed by atoms with Gasteiger partial charge in [0.1, 0.15) is 4.87 Å². The van der Waals surface area contributed by atoms with Gasteiger partial charge in [0.25, 0.3) is 0 Å². The fraction of sp³-hybridized carbons (Fsp3) is 0.818. The molecule has 0 aromatic carbocycles. The monoisotopic (exact) mass is 257 g/mol. The first kappa shape index (κ1) is 12.7. The highest BCUT2D eigenvalue weighted by Crippen LogP contribution is 2.43. The highest BCUT2D eigenvalue weighted by Gasteiger charge is 2.53. The third-order valence-corrected chi connectivity index (χ3v) is 4.66. The highest BCUT2D eigenvalue weighted by atomic mass is 32.2. The van der Waals surface area contributed by atoms with Crippen molar-refractivity contribution >= 4 is 23.6 Å². The Kier molecular flexibility index (Phi) is 3.36. The summed E-state index contributed by atoms with van der Waals surface area (Å²) in [6.07, 6.45) is 0. The van der Waals surface area contributed by atoms with E-state index in [0.29, 0.717) is 6.54 Å². The van der Waals surface area contributed by atoms with E-state index in [1.165, 1.54) is 0 Å². The zero-order valence-corrected chi connectivity index (χ0v) is 11.1. The number of nitrogens with two attached hydrogens (primary N) is 1. The molecule has 2 aliphatic rings. The van der Waals surface area contributed by atoms with E-state index in [0.717, 1.165) is 25.4 Å². The van der Waals surface area contributed by atoms with Crippen LogP contribution < -0.4 is 5.73 Å². The van der Waals surface area contributed by atoms with Crippen LogP contribution in [0, 0.1) is 5.92 Å². The minimum Gasteiger partial charge on any atom is -0.369 e. The van der Waals surface area contributed by atoms with Crippen LogP contribution in [-0.2, 0) is 9.59 Å². The first-order valence-electron chi connectivity index (χ1n) is 5.91. The number of hydrogen-bond donors (Lipinski definition) is 1. The maximum Gasteiger partial charge on any atom is 0.231 e. The molecule has 2 fully saturated rings. The summed E-state index contributed by atoms with van der Waals surface area (Å²) >= 11 is 1.83. The predicted octanol–water partition coefficient (Wildman–Crippen LogP) is -0.285. The van der Waals surface area contributed by atoms with Gasteiger partial charge in [-0.2, -0.15) is 0 Å². The smallest absolute Gasteiger partial charge is 0.231 e. The predicted molar refractivity (Wildman–Crippen MR) is 67.4 cm³/mol. The molecule has 1 spiro atoms. The number of hydrogen-bond acceptors (Lipinski definition) is 4. The third-order valence-electron chi connectivity index (χ3n) is 3.26. The highest BCUT2D eigenvalue weighted by molar-refractivity contribution is 8.01. The summed E-state index contributed by atoms with van der Waals surface area (Å²) in [4.78, 5) is 26.8. The van der Waals surface area contributed by atoms with Gasteiger partial charge >= 0.3 is 0 Å². The van der Waals surface area contributed by atoms with E-state index in [2.05, 4.69) is 0 Å². The molecule has 0 atom stereocenters. The Bertz CT molecular complexity index is 340. The molecule has 2 saturated heterocycles. The number of thioether (sulfide) groups is 1. The van der Waals surface area contributed by atoms with Crippen molar-refractivity contribution in [3.63, 3.8) is 0 Å². The fourth-order valence-electron chi connectivity index (χ4n) is 2.48. The average molecular weight is 257 g/mol. The Hall–Kier alpha value is -0.750. The normalized spacial score (nSPS) is 23.1. The molecule has 2 aliphatic heterocycles. The lowest BCUT2D eigenvalue weighted by Crippen LogP contribution is -2.68. The Morgan fingerprint density at radius 1 is 1.41 bits per heavy atom. The Morgan fingerprint density at radius 2 is 2.06 bits per heavy atom. The van der Waals surface area contributed by atoms with Gasteiger partial charge in [0.2, 0.25) is 11.8 Å². The zero-order valence-electron chi connectivity index (χ0n) is 10.3. The number of carbonyl (C=O) groups excluding carboxylic acids is 2. The van der Waals surface area contributed by atoms with Crippen LogP contribution in [0.4, 0.5) is 0 Å². The van der Waals surface area contributed by atoms with E-state index in [-0.39, 0.29) is 22.6 Å². The molecule has 0 radical (unpaired) electrons. The van der Waals surface area contributed by atoms with E-state index in [1.54, 1.807) is 0 Å². The molecule has 2 N–H and O–H groups in total. The summed E-state index contributed by atoms with van der Waals surface area (Å²) in [6.45, 7) is 6.51. The maximum absolute atomic E-state index is 12.1. The van der Waals surface area contributed by atoms with Crippen LogP contribution in [0.1, 0.15) is 13.8 Å². The summed E-state index contributed by atoms with van der Waals surface area (Å²) in [6, 6.07) is 0. The SMILES string of the molecule is CC(C)C(=O)N1CCSC12CN(CC(N)=O)C2. The molecule has 0 aromatic heterocycles. The van der Waals surface area contributed by atoms with Crippen LogP contribution in [0.15, 0.2) is 0 Å². The summed E-state index contributed by atoms with van der Waals surface area (Å²) in [5, 5.41) is 0. The summed E-state index contributed by atoms with van der Waals surface area (Å²) in [5.74, 6) is 0.942. The van der Waals surface area contributed by atoms with E-state index < -0.39 is 0 Å². The van der Waals surface area contributed by atoms with E-state index >= 15 is 0 Å². The topological polar surface area (TPSA) is 66.6 Å². The molecule has 0 bridgehead atoms. The fourth-order valence-corrected chi connectivity index (χ4v) is 4.02. The number of amides is 2. The number of primary amides is 1. The van der Waals surface area contributed by atoms with Crippen molar-refractivity contribution < 1.29 is 9.59 Å². The van der Waals surface area contributed by atoms with Crippen LogP contribution in [0.25, 0.3) is 0 Å². The van der Waals surface area contributed by atoms with Gasteiger partial charge in [-0.15, -0.1) is 11.8 Å². The quantitative estimate of drug-likeness (QED) is 0.755. The zero-order chi connectivity index (χ0) is 12.6. The lowest BCUT2D eigenvalue weighted by molar-refractivity contribution is -0.141. The average Bonchev–Trinajstić information content (AvgIpc) is 2.59. The molecule has 2 amide bonds. The first-order valence-corrected chi connectivity index (χ1v) is 6.89. The molecule has 2 rings (SSSR count). The minimum absolute atomic E-state index is 0.0377. The Balaban J connectivity index is 1.98. The second kappa shape index (κ2) is 4.49. The Morgan fingerprint density at radius 3 is 2.59 bits per heavy atom. The van der Waals surface area contributed by atoms with Crippen molar-refractivity contribution in [1.29, 1.82) is 0 Å². The first-order chi connectivity index (χ1) is 7.94. The molecule has 0 aromatic rings. The molecule has 2 heterocycles. The molecule has 6 heteroatoms. The van der Waals surface area contributed by atoms with Crippen molar-refractivity contribution in [2.24, 2.45) is 11.7 Å². The summed E-state index contributed by atoms with van der Waals surface area (Å²) in [5.41, 5.74) is 5.16. The van der Waals surface area contributed by atoms with Gasteiger partial charge in [-0.3, -0.25) is 14.5 Å². The van der Waals surface area contributed by atoms with Gasteiger partial charge in [-0.1, -0.05) is 13.8 Å². The van der Waals surface area contributed by atoms with Crippen molar-refractivity contribution in [2.45, 2.75) is 18.7 Å². The van der Waals surface area contributed by atoms with Crippen molar-refractivity contribution in [3.05, 3.63) is 0 Å². The van der Waals surface area contributed by atoms with Crippen LogP contribution in [-0.4, -0.2) is 58.4 Å². The molecule has 0 aliphatic carbocycles. The van der Waals surface area contributed by atoms with Crippen LogP contribution >= 0.6 is 11.8 Å². The summed E-state index contributed by atoms with van der Waals surface area (Å²) in [7, 11) is 0. The summed E-state index contributed by atoms with van der Waals surface area (Å²) < 4.78 is 0. The van der Waals surface area contributed by atoms with Gasteiger partial charge < -0.3 is 10.6 Å². The second-order valence-electron chi connectivity index (χ2n) is 5.05. The molecule has 17 heavy (non-hydrogen) atoms. The van der Waals surface area contributed by atoms with E-state index in [1.807, 2.05) is 35.4 Å². The third kappa shape index (κ3) is 2.28. The Labute approximate surface area is 106 Å². The second-order valence-corrected chi connectivity index (χ2v) is 6.51. The van der Waals surface area contributed by atoms with Crippen LogP contribution in [0.5, 0.6) is 0 Å². The number of rotatable bonds is 3. The lowest BCUT2D eigenvalue weighted by atomic mass is 10.0. The van der Waals surface area contributed by atoms with Gasteiger partial charge in [0.15, 0.2) is 0 Å². The van der Waals surface area contributed by atoms with E-state index in [9.17, 15) is 9.59 Å². The molecule has 96 valence electrons. The minimum atomic E-state index is -0.301. The maximum atomic E-state index is 12.1. The van der Waals surface area contributed by atoms with Gasteiger partial charge in [0, 0.05) is 31.3 Å².